The highest BCUT2D eigenvalue weighted by Crippen LogP contribution is 2.31. The van der Waals surface area contributed by atoms with Crippen LogP contribution >= 0.6 is 0 Å². The normalized spacial score (nSPS) is 15.1. The largest absolute Gasteiger partial charge is 0.490 e. The Kier molecular flexibility index (Phi) is 3.96. The summed E-state index contributed by atoms with van der Waals surface area (Å²) in [5, 5.41) is 12.1. The van der Waals surface area contributed by atoms with E-state index >= 15 is 0 Å². The van der Waals surface area contributed by atoms with Crippen molar-refractivity contribution in [1.82, 2.24) is 5.06 Å². The number of benzene rings is 1. The van der Waals surface area contributed by atoms with Gasteiger partial charge in [0.25, 0.3) is 5.91 Å². The van der Waals surface area contributed by atoms with E-state index in [0.717, 1.165) is 12.8 Å². The highest BCUT2D eigenvalue weighted by molar-refractivity contribution is 5.97. The van der Waals surface area contributed by atoms with Gasteiger partial charge in [-0.2, -0.15) is 0 Å². The minimum absolute atomic E-state index is 0.0355. The number of amides is 1. The van der Waals surface area contributed by atoms with Crippen LogP contribution in [-0.2, 0) is 4.84 Å². The van der Waals surface area contributed by atoms with Crippen LogP contribution in [0, 0.1) is 10.1 Å². The molecule has 2 rings (SSSR count). The summed E-state index contributed by atoms with van der Waals surface area (Å²) in [5.41, 5.74) is -0.0936. The molecule has 19 heavy (non-hydrogen) atoms. The van der Waals surface area contributed by atoms with Crippen molar-refractivity contribution in [3.8, 4) is 5.75 Å². The molecule has 1 heterocycles. The highest BCUT2D eigenvalue weighted by Gasteiger charge is 2.27. The van der Waals surface area contributed by atoms with Crippen molar-refractivity contribution in [2.75, 3.05) is 20.3 Å². The van der Waals surface area contributed by atoms with Gasteiger partial charge in [-0.05, 0) is 18.9 Å². The zero-order chi connectivity index (χ0) is 13.8. The number of nitro benzene ring substituents is 1. The molecule has 1 fully saturated rings. The summed E-state index contributed by atoms with van der Waals surface area (Å²) in [6, 6.07) is 4.25. The fourth-order valence-corrected chi connectivity index (χ4v) is 1.94. The van der Waals surface area contributed by atoms with E-state index < -0.39 is 10.8 Å². The molecule has 0 bridgehead atoms. The topological polar surface area (TPSA) is 81.9 Å². The average Bonchev–Trinajstić information content (AvgIpc) is 2.46. The molecular weight excluding hydrogens is 252 g/mol. The van der Waals surface area contributed by atoms with Gasteiger partial charge in [0.05, 0.1) is 24.2 Å². The van der Waals surface area contributed by atoms with E-state index in [4.69, 9.17) is 9.57 Å². The smallest absolute Gasteiger partial charge is 0.311 e. The third kappa shape index (κ3) is 2.65. The second-order valence-corrected chi connectivity index (χ2v) is 4.06. The minimum atomic E-state index is -0.577. The molecule has 1 aliphatic rings. The molecule has 0 aromatic heterocycles. The van der Waals surface area contributed by atoms with Crippen molar-refractivity contribution >= 4 is 11.6 Å². The van der Waals surface area contributed by atoms with Crippen LogP contribution in [0.3, 0.4) is 0 Å². The molecule has 1 aromatic rings. The van der Waals surface area contributed by atoms with E-state index in [2.05, 4.69) is 0 Å². The van der Waals surface area contributed by atoms with Gasteiger partial charge in [-0.25, -0.2) is 5.06 Å². The lowest BCUT2D eigenvalue weighted by atomic mass is 10.1. The third-order valence-corrected chi connectivity index (χ3v) is 2.85. The van der Waals surface area contributed by atoms with Crippen LogP contribution in [-0.4, -0.2) is 36.2 Å². The molecule has 1 aliphatic heterocycles. The Morgan fingerprint density at radius 3 is 2.84 bits per heavy atom. The number of methoxy groups -OCH3 is 1. The number of hydrogen-bond acceptors (Lipinski definition) is 5. The molecule has 1 saturated heterocycles. The van der Waals surface area contributed by atoms with Crippen LogP contribution in [0.15, 0.2) is 18.2 Å². The maximum absolute atomic E-state index is 12.3. The first-order valence-corrected chi connectivity index (χ1v) is 5.91. The van der Waals surface area contributed by atoms with Gasteiger partial charge in [-0.15, -0.1) is 0 Å². The SMILES string of the molecule is COc1c(C(=O)N2CCCCO2)cccc1[N+](=O)[O-]. The molecule has 0 unspecified atom stereocenters. The Morgan fingerprint density at radius 1 is 1.47 bits per heavy atom. The van der Waals surface area contributed by atoms with Crippen LogP contribution in [0.2, 0.25) is 0 Å². The molecule has 0 saturated carbocycles. The fourth-order valence-electron chi connectivity index (χ4n) is 1.94. The predicted octanol–water partition coefficient (Wildman–Crippen LogP) is 1.77. The summed E-state index contributed by atoms with van der Waals surface area (Å²) < 4.78 is 5.01. The first-order valence-electron chi connectivity index (χ1n) is 5.91. The molecule has 102 valence electrons. The van der Waals surface area contributed by atoms with Crippen molar-refractivity contribution < 1.29 is 19.3 Å². The lowest BCUT2D eigenvalue weighted by molar-refractivity contribution is -0.385. The van der Waals surface area contributed by atoms with Crippen LogP contribution < -0.4 is 4.74 Å². The maximum atomic E-state index is 12.3. The van der Waals surface area contributed by atoms with Gasteiger partial charge in [-0.3, -0.25) is 19.7 Å². The second kappa shape index (κ2) is 5.66. The molecular formula is C12H14N2O5. The number of rotatable bonds is 3. The van der Waals surface area contributed by atoms with E-state index in [9.17, 15) is 14.9 Å². The van der Waals surface area contributed by atoms with E-state index in [1.165, 1.54) is 30.4 Å². The van der Waals surface area contributed by atoms with Crippen molar-refractivity contribution in [3.05, 3.63) is 33.9 Å². The van der Waals surface area contributed by atoms with Crippen LogP contribution in [0.1, 0.15) is 23.2 Å². The number of ether oxygens (including phenoxy) is 1. The summed E-state index contributed by atoms with van der Waals surface area (Å²) in [5.74, 6) is -0.452. The number of para-hydroxylation sites is 1. The summed E-state index contributed by atoms with van der Waals surface area (Å²) in [6.07, 6.45) is 1.75. The fraction of sp³-hybridized carbons (Fsp3) is 0.417. The summed E-state index contributed by atoms with van der Waals surface area (Å²) >= 11 is 0. The number of hydroxylamine groups is 2. The monoisotopic (exact) mass is 266 g/mol. The quantitative estimate of drug-likeness (QED) is 0.615. The zero-order valence-corrected chi connectivity index (χ0v) is 10.5. The summed E-state index contributed by atoms with van der Waals surface area (Å²) in [4.78, 5) is 27.8. The highest BCUT2D eigenvalue weighted by atomic mass is 16.7. The number of hydrogen-bond donors (Lipinski definition) is 0. The molecule has 0 aliphatic carbocycles. The maximum Gasteiger partial charge on any atom is 0.311 e. The van der Waals surface area contributed by atoms with Crippen LogP contribution in [0.25, 0.3) is 0 Å². The first kappa shape index (κ1) is 13.3. The van der Waals surface area contributed by atoms with Crippen LogP contribution in [0.4, 0.5) is 5.69 Å². The Bertz CT molecular complexity index is 497. The van der Waals surface area contributed by atoms with Gasteiger partial charge in [0.15, 0.2) is 0 Å². The van der Waals surface area contributed by atoms with Gasteiger partial charge < -0.3 is 4.74 Å². The minimum Gasteiger partial charge on any atom is -0.490 e. The lowest BCUT2D eigenvalue weighted by Gasteiger charge is -2.26. The molecule has 1 amide bonds. The number of carbonyl (C=O) groups is 1. The summed E-state index contributed by atoms with van der Waals surface area (Å²) in [6.45, 7) is 0.952. The Morgan fingerprint density at radius 2 is 2.26 bits per heavy atom. The van der Waals surface area contributed by atoms with Crippen molar-refractivity contribution in [2.24, 2.45) is 0 Å². The Labute approximate surface area is 109 Å². The molecule has 0 spiro atoms. The van der Waals surface area contributed by atoms with Gasteiger partial charge in [0.1, 0.15) is 0 Å². The second-order valence-electron chi connectivity index (χ2n) is 4.06. The lowest BCUT2D eigenvalue weighted by Crippen LogP contribution is -2.35. The standard InChI is InChI=1S/C12H14N2O5/c1-18-11-9(5-4-6-10(11)14(16)17)12(15)13-7-2-3-8-19-13/h4-6H,2-3,7-8H2,1H3. The number of nitro groups is 1. The molecule has 7 heteroatoms. The number of carbonyl (C=O) groups excluding carboxylic acids is 1. The Hall–Kier alpha value is -2.15. The van der Waals surface area contributed by atoms with Gasteiger partial charge in [-0.1, -0.05) is 6.07 Å². The van der Waals surface area contributed by atoms with Crippen molar-refractivity contribution in [1.29, 1.82) is 0 Å². The van der Waals surface area contributed by atoms with Crippen molar-refractivity contribution in [3.63, 3.8) is 0 Å². The predicted molar refractivity (Wildman–Crippen MR) is 65.9 cm³/mol. The molecule has 0 radical (unpaired) electrons. The van der Waals surface area contributed by atoms with Gasteiger partial charge >= 0.3 is 5.69 Å². The van der Waals surface area contributed by atoms with Crippen LogP contribution in [0.5, 0.6) is 5.75 Å². The molecule has 0 atom stereocenters. The first-order chi connectivity index (χ1) is 9.15. The van der Waals surface area contributed by atoms with E-state index in [0.29, 0.717) is 13.2 Å². The summed E-state index contributed by atoms with van der Waals surface area (Å²) in [7, 11) is 1.30. The van der Waals surface area contributed by atoms with Crippen molar-refractivity contribution in [2.45, 2.75) is 12.8 Å². The zero-order valence-electron chi connectivity index (χ0n) is 10.5. The molecule has 7 nitrogen and oxygen atoms in total. The average molecular weight is 266 g/mol. The van der Waals surface area contributed by atoms with Gasteiger partial charge in [0.2, 0.25) is 5.75 Å². The molecule has 0 N–H and O–H groups in total. The number of nitrogens with zero attached hydrogens (tertiary/aromatic N) is 2. The van der Waals surface area contributed by atoms with E-state index in [-0.39, 0.29) is 17.0 Å². The van der Waals surface area contributed by atoms with Gasteiger partial charge in [0, 0.05) is 12.6 Å². The Balaban J connectivity index is 2.35. The van der Waals surface area contributed by atoms with E-state index in [1.54, 1.807) is 0 Å². The third-order valence-electron chi connectivity index (χ3n) is 2.85. The van der Waals surface area contributed by atoms with E-state index in [1.807, 2.05) is 0 Å². The molecule has 1 aromatic carbocycles.